The molecule has 30 heavy (non-hydrogen) atoms. The summed E-state index contributed by atoms with van der Waals surface area (Å²) in [4.78, 5) is 12.4. The van der Waals surface area contributed by atoms with Crippen molar-refractivity contribution in [2.45, 2.75) is 24.6 Å². The lowest BCUT2D eigenvalue weighted by atomic mass is 10.1. The van der Waals surface area contributed by atoms with Gasteiger partial charge in [-0.3, -0.25) is 4.79 Å². The number of hydrogen-bond donors (Lipinski definition) is 6. The average Bonchev–Trinajstić information content (AvgIpc) is 2.69. The molecule has 3 aromatic rings. The first kappa shape index (κ1) is 20.0. The normalized spacial score (nSPS) is 24.1. The van der Waals surface area contributed by atoms with Gasteiger partial charge in [0.25, 0.3) is 0 Å². The van der Waals surface area contributed by atoms with Crippen LogP contribution in [-0.2, 0) is 4.74 Å². The monoisotopic (exact) mass is 418 g/mol. The zero-order chi connectivity index (χ0) is 21.6. The van der Waals surface area contributed by atoms with Crippen molar-refractivity contribution in [3.05, 3.63) is 46.6 Å². The Bertz CT molecular complexity index is 1150. The Balaban J connectivity index is 1.71. The smallest absolute Gasteiger partial charge is 0.229 e. The maximum Gasteiger partial charge on any atom is 0.229 e. The molecule has 0 spiro atoms. The maximum atomic E-state index is 12.4. The molecule has 4 unspecified atom stereocenters. The van der Waals surface area contributed by atoms with E-state index in [-0.39, 0.29) is 40.6 Å². The Labute approximate surface area is 168 Å². The SMILES string of the molecule is O=c1cc(-c2ccc(O)c(OC3OCC(O)C(O)C3O)c2)oc2cc(O)cc(O)c12. The van der Waals surface area contributed by atoms with E-state index < -0.39 is 35.8 Å². The van der Waals surface area contributed by atoms with E-state index in [2.05, 4.69) is 0 Å². The predicted molar refractivity (Wildman–Crippen MR) is 101 cm³/mol. The van der Waals surface area contributed by atoms with Crippen LogP contribution < -0.4 is 10.2 Å². The van der Waals surface area contributed by atoms with Crippen molar-refractivity contribution in [3.63, 3.8) is 0 Å². The lowest BCUT2D eigenvalue weighted by Gasteiger charge is -2.35. The second-order valence-corrected chi connectivity index (χ2v) is 6.86. The molecule has 2 aromatic carbocycles. The molecule has 6 N–H and O–H groups in total. The number of phenols is 3. The molecule has 0 aliphatic carbocycles. The number of fused-ring (bicyclic) bond motifs is 1. The van der Waals surface area contributed by atoms with Crippen LogP contribution in [0.25, 0.3) is 22.3 Å². The number of phenolic OH excluding ortho intramolecular Hbond substituents is 3. The van der Waals surface area contributed by atoms with Gasteiger partial charge in [-0.25, -0.2) is 0 Å². The highest BCUT2D eigenvalue weighted by Gasteiger charge is 2.39. The van der Waals surface area contributed by atoms with Gasteiger partial charge in [-0.2, -0.15) is 0 Å². The fourth-order valence-electron chi connectivity index (χ4n) is 3.17. The van der Waals surface area contributed by atoms with Gasteiger partial charge in [0.15, 0.2) is 16.9 Å². The van der Waals surface area contributed by atoms with E-state index in [1.165, 1.54) is 24.3 Å². The van der Waals surface area contributed by atoms with Crippen LogP contribution in [0.2, 0.25) is 0 Å². The summed E-state index contributed by atoms with van der Waals surface area (Å²) in [6, 6.07) is 7.33. The second-order valence-electron chi connectivity index (χ2n) is 6.86. The van der Waals surface area contributed by atoms with Gasteiger partial charge in [0, 0.05) is 23.8 Å². The number of rotatable bonds is 3. The zero-order valence-corrected chi connectivity index (χ0v) is 15.3. The molecule has 158 valence electrons. The summed E-state index contributed by atoms with van der Waals surface area (Å²) in [5.74, 6) is -1.11. The summed E-state index contributed by atoms with van der Waals surface area (Å²) in [6.07, 6.45) is -5.70. The largest absolute Gasteiger partial charge is 0.508 e. The minimum atomic E-state index is -1.57. The van der Waals surface area contributed by atoms with Gasteiger partial charge < -0.3 is 44.5 Å². The highest BCUT2D eigenvalue weighted by Crippen LogP contribution is 2.35. The van der Waals surface area contributed by atoms with Crippen LogP contribution in [0.4, 0.5) is 0 Å². The summed E-state index contributed by atoms with van der Waals surface area (Å²) in [6.45, 7) is -0.282. The molecule has 0 saturated carbocycles. The molecule has 4 rings (SSSR count). The fraction of sp³-hybridized carbons (Fsp3) is 0.250. The number of ether oxygens (including phenoxy) is 2. The van der Waals surface area contributed by atoms with Crippen molar-refractivity contribution >= 4 is 11.0 Å². The fourth-order valence-corrected chi connectivity index (χ4v) is 3.17. The van der Waals surface area contributed by atoms with Crippen LogP contribution >= 0.6 is 0 Å². The van der Waals surface area contributed by atoms with E-state index in [1.54, 1.807) is 0 Å². The number of aliphatic hydroxyl groups is 3. The first-order valence-electron chi connectivity index (χ1n) is 8.90. The molecule has 0 bridgehead atoms. The van der Waals surface area contributed by atoms with Gasteiger partial charge in [-0.05, 0) is 18.2 Å². The van der Waals surface area contributed by atoms with Crippen LogP contribution in [0.5, 0.6) is 23.0 Å². The summed E-state index contributed by atoms with van der Waals surface area (Å²) in [5, 5.41) is 58.8. The number of aliphatic hydroxyl groups excluding tert-OH is 3. The molecular weight excluding hydrogens is 400 g/mol. The number of aromatic hydroxyl groups is 3. The van der Waals surface area contributed by atoms with Crippen molar-refractivity contribution in [3.8, 4) is 34.3 Å². The van der Waals surface area contributed by atoms with Crippen molar-refractivity contribution < 1.29 is 44.5 Å². The molecular formula is C20H18O10. The van der Waals surface area contributed by atoms with Gasteiger partial charge in [-0.15, -0.1) is 0 Å². The van der Waals surface area contributed by atoms with Gasteiger partial charge in [-0.1, -0.05) is 0 Å². The third-order valence-corrected chi connectivity index (χ3v) is 4.74. The molecule has 1 aliphatic rings. The first-order chi connectivity index (χ1) is 14.2. The van der Waals surface area contributed by atoms with E-state index >= 15 is 0 Å². The molecule has 1 aliphatic heterocycles. The van der Waals surface area contributed by atoms with Gasteiger partial charge in [0.2, 0.25) is 6.29 Å². The van der Waals surface area contributed by atoms with Gasteiger partial charge in [0.05, 0.1) is 6.61 Å². The quantitative estimate of drug-likeness (QED) is 0.350. The van der Waals surface area contributed by atoms with Crippen LogP contribution in [0.15, 0.2) is 45.6 Å². The summed E-state index contributed by atoms with van der Waals surface area (Å²) in [7, 11) is 0. The topological polar surface area (TPSA) is 170 Å². The molecule has 10 nitrogen and oxygen atoms in total. The molecule has 1 saturated heterocycles. The van der Waals surface area contributed by atoms with Gasteiger partial charge >= 0.3 is 0 Å². The molecule has 10 heteroatoms. The van der Waals surface area contributed by atoms with Crippen molar-refractivity contribution in [2.24, 2.45) is 0 Å². The minimum Gasteiger partial charge on any atom is -0.508 e. The van der Waals surface area contributed by atoms with E-state index in [0.29, 0.717) is 5.56 Å². The van der Waals surface area contributed by atoms with E-state index in [0.717, 1.165) is 12.1 Å². The molecule has 1 fully saturated rings. The Hall–Kier alpha value is -3.31. The second kappa shape index (κ2) is 7.50. The van der Waals surface area contributed by atoms with E-state index in [1.807, 2.05) is 0 Å². The predicted octanol–water partition coefficient (Wildman–Crippen LogP) is 0.395. The highest BCUT2D eigenvalue weighted by molar-refractivity contribution is 5.86. The Morgan fingerprint density at radius 1 is 0.933 bits per heavy atom. The average molecular weight is 418 g/mol. The van der Waals surface area contributed by atoms with Crippen LogP contribution in [0.1, 0.15) is 0 Å². The zero-order valence-electron chi connectivity index (χ0n) is 15.3. The Morgan fingerprint density at radius 3 is 2.47 bits per heavy atom. The molecule has 2 heterocycles. The van der Waals surface area contributed by atoms with E-state index in [9.17, 15) is 35.4 Å². The third-order valence-electron chi connectivity index (χ3n) is 4.74. The lowest BCUT2D eigenvalue weighted by molar-refractivity contribution is -0.242. The Morgan fingerprint density at radius 2 is 1.70 bits per heavy atom. The van der Waals surface area contributed by atoms with Crippen LogP contribution in [-0.4, -0.2) is 61.8 Å². The summed E-state index contributed by atoms with van der Waals surface area (Å²) < 4.78 is 16.2. The first-order valence-corrected chi connectivity index (χ1v) is 8.90. The number of hydrogen-bond acceptors (Lipinski definition) is 10. The molecule has 4 atom stereocenters. The van der Waals surface area contributed by atoms with Crippen molar-refractivity contribution in [1.29, 1.82) is 0 Å². The van der Waals surface area contributed by atoms with E-state index in [4.69, 9.17) is 13.9 Å². The number of benzene rings is 2. The Kier molecular flexibility index (Phi) is 5.00. The molecule has 0 amide bonds. The van der Waals surface area contributed by atoms with Crippen molar-refractivity contribution in [1.82, 2.24) is 0 Å². The molecule has 0 radical (unpaired) electrons. The van der Waals surface area contributed by atoms with Crippen LogP contribution in [0, 0.1) is 0 Å². The van der Waals surface area contributed by atoms with Crippen molar-refractivity contribution in [2.75, 3.05) is 6.61 Å². The summed E-state index contributed by atoms with van der Waals surface area (Å²) in [5.41, 5.74) is -0.299. The van der Waals surface area contributed by atoms with Crippen LogP contribution in [0.3, 0.4) is 0 Å². The standard InChI is InChI=1S/C20H18O10/c21-9-4-11(23)17-12(24)6-14(29-16(17)5-9)8-1-2-10(22)15(3-8)30-20-19(27)18(26)13(25)7-28-20/h1-6,13,18-23,25-27H,7H2. The highest BCUT2D eigenvalue weighted by atomic mass is 16.7. The molecule has 1 aromatic heterocycles. The maximum absolute atomic E-state index is 12.4. The van der Waals surface area contributed by atoms with Gasteiger partial charge in [0.1, 0.15) is 46.5 Å². The summed E-state index contributed by atoms with van der Waals surface area (Å²) >= 11 is 0. The minimum absolute atomic E-state index is 0.0475. The third kappa shape index (κ3) is 3.53. The lowest BCUT2D eigenvalue weighted by Crippen LogP contribution is -2.54.